The molecule has 1 aliphatic heterocycles. The van der Waals surface area contributed by atoms with Gasteiger partial charge >= 0.3 is 5.97 Å². The van der Waals surface area contributed by atoms with Gasteiger partial charge in [-0.3, -0.25) is 4.79 Å². The number of hydrogen-bond donors (Lipinski definition) is 0. The number of aryl methyl sites for hydroxylation is 1. The number of rotatable bonds is 1. The molecule has 0 saturated heterocycles. The summed E-state index contributed by atoms with van der Waals surface area (Å²) in [7, 11) is 0. The van der Waals surface area contributed by atoms with Gasteiger partial charge in [0.05, 0.1) is 5.56 Å². The van der Waals surface area contributed by atoms with Crippen LogP contribution < -0.4 is 4.74 Å². The smallest absolute Gasteiger partial charge is 0.303 e. The van der Waals surface area contributed by atoms with Gasteiger partial charge in [-0.2, -0.15) is 0 Å². The molecule has 1 unspecified atom stereocenters. The minimum atomic E-state index is -0.299. The van der Waals surface area contributed by atoms with E-state index in [9.17, 15) is 4.79 Å². The number of fused-ring (bicyclic) bond motifs is 1. The molecule has 0 aliphatic carbocycles. The van der Waals surface area contributed by atoms with Crippen LogP contribution in [0.3, 0.4) is 0 Å². The molecule has 0 amide bonds. The first kappa shape index (κ1) is 8.99. The predicted molar refractivity (Wildman–Crippen MR) is 49.0 cm³/mol. The third-order valence-electron chi connectivity index (χ3n) is 2.06. The molecule has 1 aliphatic rings. The van der Waals surface area contributed by atoms with Gasteiger partial charge in [0, 0.05) is 12.6 Å². The van der Waals surface area contributed by atoms with Crippen LogP contribution in [0.15, 0.2) is 12.1 Å². The largest absolute Gasteiger partial charge is 0.473 e. The second-order valence-corrected chi connectivity index (χ2v) is 3.26. The zero-order valence-electron chi connectivity index (χ0n) is 8.11. The van der Waals surface area contributed by atoms with Crippen molar-refractivity contribution in [3.63, 3.8) is 0 Å². The van der Waals surface area contributed by atoms with Crippen LogP contribution in [0.1, 0.15) is 24.3 Å². The molecule has 0 saturated carbocycles. The van der Waals surface area contributed by atoms with Crippen LogP contribution in [-0.2, 0) is 9.53 Å². The molecule has 2 rings (SSSR count). The minimum absolute atomic E-state index is 0.296. The first-order valence-electron chi connectivity index (χ1n) is 4.44. The summed E-state index contributed by atoms with van der Waals surface area (Å²) < 4.78 is 10.4. The van der Waals surface area contributed by atoms with E-state index in [1.165, 1.54) is 6.92 Å². The fourth-order valence-electron chi connectivity index (χ4n) is 1.45. The number of ether oxygens (including phenoxy) is 2. The van der Waals surface area contributed by atoms with Crippen molar-refractivity contribution in [1.82, 2.24) is 4.98 Å². The number of carbonyl (C=O) groups is 1. The van der Waals surface area contributed by atoms with Crippen LogP contribution in [0.2, 0.25) is 0 Å². The molecule has 14 heavy (non-hydrogen) atoms. The lowest BCUT2D eigenvalue weighted by Gasteiger charge is -2.07. The lowest BCUT2D eigenvalue weighted by Crippen LogP contribution is -2.09. The molecule has 74 valence electrons. The molecule has 0 radical (unpaired) electrons. The van der Waals surface area contributed by atoms with Gasteiger partial charge in [0.2, 0.25) is 5.88 Å². The lowest BCUT2D eigenvalue weighted by atomic mass is 10.2. The quantitative estimate of drug-likeness (QED) is 0.632. The Hall–Kier alpha value is -1.58. The van der Waals surface area contributed by atoms with E-state index >= 15 is 0 Å². The van der Waals surface area contributed by atoms with Crippen molar-refractivity contribution in [1.29, 1.82) is 0 Å². The number of esters is 1. The molecule has 4 heteroatoms. The third-order valence-corrected chi connectivity index (χ3v) is 2.06. The molecule has 0 spiro atoms. The van der Waals surface area contributed by atoms with Gasteiger partial charge in [-0.05, 0) is 19.1 Å². The Labute approximate surface area is 81.9 Å². The summed E-state index contributed by atoms with van der Waals surface area (Å²) in [6.07, 6.45) is -0.296. The summed E-state index contributed by atoms with van der Waals surface area (Å²) >= 11 is 0. The van der Waals surface area contributed by atoms with Crippen molar-refractivity contribution in [2.75, 3.05) is 6.61 Å². The Kier molecular flexibility index (Phi) is 2.11. The average Bonchev–Trinajstić information content (AvgIpc) is 2.47. The highest BCUT2D eigenvalue weighted by molar-refractivity contribution is 5.66. The number of aromatic nitrogens is 1. The Bertz CT molecular complexity index is 376. The van der Waals surface area contributed by atoms with Crippen LogP contribution in [0.4, 0.5) is 0 Å². The maximum absolute atomic E-state index is 10.8. The molecule has 0 bridgehead atoms. The van der Waals surface area contributed by atoms with Gasteiger partial charge in [0.25, 0.3) is 0 Å². The zero-order chi connectivity index (χ0) is 10.1. The molecule has 1 aromatic rings. The Morgan fingerprint density at radius 2 is 2.43 bits per heavy atom. The van der Waals surface area contributed by atoms with E-state index in [1.807, 2.05) is 19.1 Å². The summed E-state index contributed by atoms with van der Waals surface area (Å²) in [5.41, 5.74) is 1.75. The fourth-order valence-corrected chi connectivity index (χ4v) is 1.45. The first-order chi connectivity index (χ1) is 6.66. The number of carbonyl (C=O) groups excluding carboxylic acids is 1. The zero-order valence-corrected chi connectivity index (χ0v) is 8.11. The van der Waals surface area contributed by atoms with E-state index < -0.39 is 0 Å². The molecule has 2 heterocycles. The van der Waals surface area contributed by atoms with Gasteiger partial charge in [0.15, 0.2) is 6.10 Å². The Morgan fingerprint density at radius 1 is 1.64 bits per heavy atom. The number of nitrogens with zero attached hydrogens (tertiary/aromatic N) is 1. The molecule has 0 N–H and O–H groups in total. The number of pyridine rings is 1. The minimum Gasteiger partial charge on any atom is -0.473 e. The van der Waals surface area contributed by atoms with Crippen LogP contribution >= 0.6 is 0 Å². The van der Waals surface area contributed by atoms with Crippen molar-refractivity contribution in [2.24, 2.45) is 0 Å². The highest BCUT2D eigenvalue weighted by Gasteiger charge is 2.27. The monoisotopic (exact) mass is 193 g/mol. The summed E-state index contributed by atoms with van der Waals surface area (Å²) in [4.78, 5) is 15.0. The first-order valence-corrected chi connectivity index (χ1v) is 4.44. The van der Waals surface area contributed by atoms with Crippen molar-refractivity contribution in [3.8, 4) is 5.88 Å². The van der Waals surface area contributed by atoms with Crippen molar-refractivity contribution in [3.05, 3.63) is 23.4 Å². The standard InChI is InChI=1S/C10H11NO3/c1-6-3-4-8-9(14-7(2)12)5-13-10(8)11-6/h3-4,9H,5H2,1-2H3. The SMILES string of the molecule is CC(=O)OC1COc2nc(C)ccc21. The van der Waals surface area contributed by atoms with E-state index in [4.69, 9.17) is 9.47 Å². The van der Waals surface area contributed by atoms with E-state index in [1.54, 1.807) is 0 Å². The van der Waals surface area contributed by atoms with E-state index in [0.29, 0.717) is 12.5 Å². The third kappa shape index (κ3) is 1.55. The summed E-state index contributed by atoms with van der Waals surface area (Å²) in [5, 5.41) is 0. The second-order valence-electron chi connectivity index (χ2n) is 3.26. The molecule has 1 atom stereocenters. The summed E-state index contributed by atoms with van der Waals surface area (Å²) in [6, 6.07) is 3.77. The van der Waals surface area contributed by atoms with E-state index in [-0.39, 0.29) is 12.1 Å². The van der Waals surface area contributed by atoms with Crippen molar-refractivity contribution in [2.45, 2.75) is 20.0 Å². The maximum Gasteiger partial charge on any atom is 0.303 e. The van der Waals surface area contributed by atoms with E-state index in [0.717, 1.165) is 11.3 Å². The van der Waals surface area contributed by atoms with Gasteiger partial charge in [-0.1, -0.05) is 0 Å². The number of hydrogen-bond acceptors (Lipinski definition) is 4. The van der Waals surface area contributed by atoms with E-state index in [2.05, 4.69) is 4.98 Å². The van der Waals surface area contributed by atoms with Crippen LogP contribution in [0, 0.1) is 6.92 Å². The predicted octanol–water partition coefficient (Wildman–Crippen LogP) is 1.39. The maximum atomic E-state index is 10.8. The molecule has 0 fully saturated rings. The molecular formula is C10H11NO3. The van der Waals surface area contributed by atoms with Gasteiger partial charge in [-0.15, -0.1) is 0 Å². The van der Waals surface area contributed by atoms with Gasteiger partial charge < -0.3 is 9.47 Å². The lowest BCUT2D eigenvalue weighted by molar-refractivity contribution is -0.147. The molecule has 1 aromatic heterocycles. The Morgan fingerprint density at radius 3 is 3.14 bits per heavy atom. The topological polar surface area (TPSA) is 48.4 Å². The Balaban J connectivity index is 2.26. The molecule has 0 aromatic carbocycles. The van der Waals surface area contributed by atoms with Gasteiger partial charge in [0.1, 0.15) is 6.61 Å². The normalized spacial score (nSPS) is 18.6. The second kappa shape index (κ2) is 3.29. The van der Waals surface area contributed by atoms with Crippen molar-refractivity contribution < 1.29 is 14.3 Å². The molecule has 4 nitrogen and oxygen atoms in total. The summed E-state index contributed by atoms with van der Waals surface area (Å²) in [6.45, 7) is 3.65. The molecular weight excluding hydrogens is 182 g/mol. The average molecular weight is 193 g/mol. The highest BCUT2D eigenvalue weighted by Crippen LogP contribution is 2.32. The fraction of sp³-hybridized carbons (Fsp3) is 0.400. The van der Waals surface area contributed by atoms with Crippen LogP contribution in [-0.4, -0.2) is 17.6 Å². The van der Waals surface area contributed by atoms with Gasteiger partial charge in [-0.25, -0.2) is 4.98 Å². The van der Waals surface area contributed by atoms with Crippen molar-refractivity contribution >= 4 is 5.97 Å². The highest BCUT2D eigenvalue weighted by atomic mass is 16.6. The van der Waals surface area contributed by atoms with Crippen LogP contribution in [0.5, 0.6) is 5.88 Å². The van der Waals surface area contributed by atoms with Crippen LogP contribution in [0.25, 0.3) is 0 Å². The summed E-state index contributed by atoms with van der Waals surface area (Å²) in [5.74, 6) is 0.281.